The Morgan fingerprint density at radius 2 is 2.12 bits per heavy atom. The van der Waals surface area contributed by atoms with Crippen LogP contribution in [0.1, 0.15) is 0 Å². The van der Waals surface area contributed by atoms with Crippen LogP contribution < -0.4 is 11.1 Å². The molecule has 0 saturated heterocycles. The summed E-state index contributed by atoms with van der Waals surface area (Å²) < 4.78 is 0. The third-order valence-corrected chi connectivity index (χ3v) is 1.97. The zero-order valence-corrected chi connectivity index (χ0v) is 9.11. The second-order valence-electron chi connectivity index (χ2n) is 3.01. The fourth-order valence-corrected chi connectivity index (χ4v) is 1.34. The molecular formula is C10H9N5S. The smallest absolute Gasteiger partial charge is 0.169 e. The van der Waals surface area contributed by atoms with Gasteiger partial charge in [0, 0.05) is 24.2 Å². The van der Waals surface area contributed by atoms with E-state index in [1.165, 1.54) is 0 Å². The van der Waals surface area contributed by atoms with E-state index in [1.807, 2.05) is 12.1 Å². The number of hydrogen-bond donors (Lipinski definition) is 2. The van der Waals surface area contributed by atoms with Crippen LogP contribution in [0.15, 0.2) is 36.9 Å². The van der Waals surface area contributed by atoms with Crippen molar-refractivity contribution in [2.45, 2.75) is 0 Å². The zero-order valence-electron chi connectivity index (χ0n) is 8.29. The normalized spacial score (nSPS) is 9.75. The maximum Gasteiger partial charge on any atom is 0.169 e. The molecule has 0 aliphatic carbocycles. The van der Waals surface area contributed by atoms with E-state index in [2.05, 4.69) is 20.3 Å². The van der Waals surface area contributed by atoms with Gasteiger partial charge >= 0.3 is 0 Å². The molecule has 6 heteroatoms. The quantitative estimate of drug-likeness (QED) is 0.756. The Morgan fingerprint density at radius 1 is 1.25 bits per heavy atom. The molecule has 0 unspecified atom stereocenters. The first-order valence-corrected chi connectivity index (χ1v) is 4.95. The highest BCUT2D eigenvalue weighted by molar-refractivity contribution is 7.80. The molecule has 2 aromatic rings. The SMILES string of the molecule is NC(=S)Nc1cc(-c2cnccn2)ccn1. The number of anilines is 1. The molecule has 0 aliphatic rings. The average molecular weight is 231 g/mol. The maximum atomic E-state index is 5.37. The molecule has 2 heterocycles. The predicted molar refractivity (Wildman–Crippen MR) is 65.7 cm³/mol. The summed E-state index contributed by atoms with van der Waals surface area (Å²) in [5.41, 5.74) is 7.04. The van der Waals surface area contributed by atoms with Crippen LogP contribution in [0.4, 0.5) is 5.82 Å². The second-order valence-corrected chi connectivity index (χ2v) is 3.45. The summed E-state index contributed by atoms with van der Waals surface area (Å²) in [6, 6.07) is 3.65. The van der Waals surface area contributed by atoms with E-state index in [-0.39, 0.29) is 5.11 Å². The van der Waals surface area contributed by atoms with Gasteiger partial charge in [0.1, 0.15) is 5.82 Å². The minimum absolute atomic E-state index is 0.184. The van der Waals surface area contributed by atoms with Gasteiger partial charge in [0.25, 0.3) is 0 Å². The lowest BCUT2D eigenvalue weighted by Crippen LogP contribution is -2.19. The van der Waals surface area contributed by atoms with Crippen molar-refractivity contribution in [3.63, 3.8) is 0 Å². The lowest BCUT2D eigenvalue weighted by atomic mass is 10.2. The van der Waals surface area contributed by atoms with Crippen molar-refractivity contribution >= 4 is 23.1 Å². The lowest BCUT2D eigenvalue weighted by molar-refractivity contribution is 1.20. The molecule has 16 heavy (non-hydrogen) atoms. The van der Waals surface area contributed by atoms with Crippen molar-refractivity contribution in [1.29, 1.82) is 0 Å². The molecule has 2 rings (SSSR count). The summed E-state index contributed by atoms with van der Waals surface area (Å²) >= 11 is 4.74. The number of nitrogens with one attached hydrogen (secondary N) is 1. The van der Waals surface area contributed by atoms with E-state index in [1.54, 1.807) is 24.8 Å². The van der Waals surface area contributed by atoms with Crippen molar-refractivity contribution in [1.82, 2.24) is 15.0 Å². The number of nitrogens with zero attached hydrogens (tertiary/aromatic N) is 3. The van der Waals surface area contributed by atoms with E-state index in [9.17, 15) is 0 Å². The molecule has 3 N–H and O–H groups in total. The van der Waals surface area contributed by atoms with E-state index >= 15 is 0 Å². The van der Waals surface area contributed by atoms with Gasteiger partial charge in [0.2, 0.25) is 0 Å². The first kappa shape index (κ1) is 10.4. The zero-order chi connectivity index (χ0) is 11.4. The summed E-state index contributed by atoms with van der Waals surface area (Å²) in [5, 5.41) is 2.95. The molecule has 0 radical (unpaired) electrons. The van der Waals surface area contributed by atoms with Gasteiger partial charge in [0.05, 0.1) is 11.9 Å². The average Bonchev–Trinajstić information content (AvgIpc) is 2.30. The Kier molecular flexibility index (Phi) is 3.02. The fourth-order valence-electron chi connectivity index (χ4n) is 1.23. The van der Waals surface area contributed by atoms with Gasteiger partial charge in [-0.05, 0) is 24.4 Å². The van der Waals surface area contributed by atoms with Crippen molar-refractivity contribution in [3.8, 4) is 11.3 Å². The van der Waals surface area contributed by atoms with E-state index in [4.69, 9.17) is 18.0 Å². The third kappa shape index (κ3) is 2.48. The first-order chi connectivity index (χ1) is 7.75. The molecule has 2 aromatic heterocycles. The van der Waals surface area contributed by atoms with Gasteiger partial charge in [-0.2, -0.15) is 0 Å². The van der Waals surface area contributed by atoms with Crippen molar-refractivity contribution in [3.05, 3.63) is 36.9 Å². The lowest BCUT2D eigenvalue weighted by Gasteiger charge is -2.04. The molecule has 0 fully saturated rings. The number of aromatic nitrogens is 3. The molecule has 0 amide bonds. The summed E-state index contributed by atoms with van der Waals surface area (Å²) in [7, 11) is 0. The number of thiocarbonyl (C=S) groups is 1. The molecule has 5 nitrogen and oxygen atoms in total. The summed E-state index contributed by atoms with van der Waals surface area (Å²) in [4.78, 5) is 12.3. The molecule has 0 aromatic carbocycles. The molecule has 0 aliphatic heterocycles. The minimum atomic E-state index is 0.184. The van der Waals surface area contributed by atoms with Gasteiger partial charge in [0.15, 0.2) is 5.11 Å². The Hall–Kier alpha value is -2.08. The monoisotopic (exact) mass is 231 g/mol. The molecule has 80 valence electrons. The van der Waals surface area contributed by atoms with E-state index in [0.717, 1.165) is 11.3 Å². The highest BCUT2D eigenvalue weighted by Crippen LogP contribution is 2.17. The largest absolute Gasteiger partial charge is 0.376 e. The van der Waals surface area contributed by atoms with Crippen molar-refractivity contribution < 1.29 is 0 Å². The number of nitrogens with two attached hydrogens (primary N) is 1. The van der Waals surface area contributed by atoms with Crippen molar-refractivity contribution in [2.24, 2.45) is 5.73 Å². The molecule has 0 spiro atoms. The highest BCUT2D eigenvalue weighted by atomic mass is 32.1. The van der Waals surface area contributed by atoms with Crippen LogP contribution >= 0.6 is 12.2 Å². The van der Waals surface area contributed by atoms with Crippen LogP contribution in [0.5, 0.6) is 0 Å². The van der Waals surface area contributed by atoms with Crippen LogP contribution in [0.25, 0.3) is 11.3 Å². The molecular weight excluding hydrogens is 222 g/mol. The number of pyridine rings is 1. The first-order valence-electron chi connectivity index (χ1n) is 4.54. The van der Waals surface area contributed by atoms with E-state index < -0.39 is 0 Å². The molecule has 0 saturated carbocycles. The Bertz CT molecular complexity index is 500. The second kappa shape index (κ2) is 4.63. The van der Waals surface area contributed by atoms with E-state index in [0.29, 0.717) is 5.82 Å². The Balaban J connectivity index is 2.33. The molecule has 0 bridgehead atoms. The van der Waals surface area contributed by atoms with Gasteiger partial charge < -0.3 is 11.1 Å². The topological polar surface area (TPSA) is 76.7 Å². The Morgan fingerprint density at radius 3 is 2.81 bits per heavy atom. The fraction of sp³-hybridized carbons (Fsp3) is 0. The third-order valence-electron chi connectivity index (χ3n) is 1.87. The molecule has 0 atom stereocenters. The van der Waals surface area contributed by atoms with Crippen molar-refractivity contribution in [2.75, 3.05) is 5.32 Å². The predicted octanol–water partition coefficient (Wildman–Crippen LogP) is 1.19. The van der Waals surface area contributed by atoms with Crippen LogP contribution in [0.2, 0.25) is 0 Å². The van der Waals surface area contributed by atoms with Gasteiger partial charge in [-0.1, -0.05) is 0 Å². The van der Waals surface area contributed by atoms with Gasteiger partial charge in [-0.15, -0.1) is 0 Å². The van der Waals surface area contributed by atoms with Crippen LogP contribution in [0.3, 0.4) is 0 Å². The Labute approximate surface area is 97.8 Å². The number of hydrogen-bond acceptors (Lipinski definition) is 4. The summed E-state index contributed by atoms with van der Waals surface area (Å²) in [5.74, 6) is 0.593. The van der Waals surface area contributed by atoms with Crippen LogP contribution in [-0.2, 0) is 0 Å². The number of rotatable bonds is 2. The van der Waals surface area contributed by atoms with Crippen LogP contribution in [-0.4, -0.2) is 20.1 Å². The highest BCUT2D eigenvalue weighted by Gasteiger charge is 2.01. The van der Waals surface area contributed by atoms with Gasteiger partial charge in [-0.25, -0.2) is 4.98 Å². The maximum absolute atomic E-state index is 5.37. The van der Waals surface area contributed by atoms with Crippen LogP contribution in [0, 0.1) is 0 Å². The summed E-state index contributed by atoms with van der Waals surface area (Å²) in [6.07, 6.45) is 6.60. The van der Waals surface area contributed by atoms with Gasteiger partial charge in [-0.3, -0.25) is 9.97 Å². The standard InChI is InChI=1S/C10H9N5S/c11-10(16)15-9-5-7(1-2-14-9)8-6-12-3-4-13-8/h1-6H,(H3,11,14,15,16). The summed E-state index contributed by atoms with van der Waals surface area (Å²) in [6.45, 7) is 0. The minimum Gasteiger partial charge on any atom is -0.376 e.